The molecule has 0 aliphatic carbocycles. The number of anilines is 1. The predicted octanol–water partition coefficient (Wildman–Crippen LogP) is 5.75. The van der Waals surface area contributed by atoms with E-state index in [1.165, 1.54) is 0 Å². The summed E-state index contributed by atoms with van der Waals surface area (Å²) in [6.45, 7) is 0.145. The van der Waals surface area contributed by atoms with Crippen LogP contribution in [0.2, 0.25) is 0 Å². The molecule has 0 aliphatic heterocycles. The third-order valence-corrected chi connectivity index (χ3v) is 4.10. The van der Waals surface area contributed by atoms with Crippen molar-refractivity contribution in [2.75, 3.05) is 5.32 Å². The molecule has 2 amide bonds. The third-order valence-electron chi connectivity index (χ3n) is 4.10. The van der Waals surface area contributed by atoms with Crippen LogP contribution in [0.1, 0.15) is 16.7 Å². The van der Waals surface area contributed by atoms with Gasteiger partial charge in [-0.2, -0.15) is 13.2 Å². The Labute approximate surface area is 170 Å². The zero-order valence-corrected chi connectivity index (χ0v) is 15.7. The first-order valence-electron chi connectivity index (χ1n) is 8.98. The minimum Gasteiger partial charge on any atom is -0.489 e. The number of rotatable bonds is 6. The number of carbonyl (C=O) groups is 1. The summed E-state index contributed by atoms with van der Waals surface area (Å²) in [5, 5.41) is 4.95. The van der Waals surface area contributed by atoms with E-state index in [2.05, 4.69) is 10.6 Å². The smallest absolute Gasteiger partial charge is 0.416 e. The Kier molecular flexibility index (Phi) is 6.56. The summed E-state index contributed by atoms with van der Waals surface area (Å²) in [4.78, 5) is 12.0. The van der Waals surface area contributed by atoms with Gasteiger partial charge in [-0.3, -0.25) is 0 Å². The quantitative estimate of drug-likeness (QED) is 0.501. The fourth-order valence-electron chi connectivity index (χ4n) is 2.65. The van der Waals surface area contributed by atoms with Gasteiger partial charge in [-0.05, 0) is 53.6 Å². The number of hydrogen-bond donors (Lipinski definition) is 2. The number of hydrogen-bond acceptors (Lipinski definition) is 2. The van der Waals surface area contributed by atoms with Gasteiger partial charge in [0.1, 0.15) is 18.2 Å². The molecule has 0 bridgehead atoms. The Morgan fingerprint density at radius 3 is 2.27 bits per heavy atom. The van der Waals surface area contributed by atoms with Crippen molar-refractivity contribution in [1.29, 1.82) is 0 Å². The van der Waals surface area contributed by atoms with E-state index in [0.29, 0.717) is 24.1 Å². The Balaban J connectivity index is 1.51. The second-order valence-electron chi connectivity index (χ2n) is 6.45. The molecule has 4 nitrogen and oxygen atoms in total. The summed E-state index contributed by atoms with van der Waals surface area (Å²) >= 11 is 0. The molecule has 0 heterocycles. The zero-order valence-electron chi connectivity index (χ0n) is 15.7. The molecule has 30 heavy (non-hydrogen) atoms. The molecule has 0 fully saturated rings. The van der Waals surface area contributed by atoms with Crippen LogP contribution in [0.3, 0.4) is 0 Å². The lowest BCUT2D eigenvalue weighted by Gasteiger charge is -2.11. The first-order valence-corrected chi connectivity index (χ1v) is 8.98. The van der Waals surface area contributed by atoms with Gasteiger partial charge in [-0.25, -0.2) is 9.18 Å². The first kappa shape index (κ1) is 21.2. The summed E-state index contributed by atoms with van der Waals surface area (Å²) in [5.74, 6) is -0.405. The van der Waals surface area contributed by atoms with Crippen LogP contribution in [0.4, 0.5) is 28.0 Å². The van der Waals surface area contributed by atoms with Gasteiger partial charge < -0.3 is 15.4 Å². The SMILES string of the molecule is O=C(NCc1cc(F)cc(C(F)(F)F)c1)Nc1ccc(OCc2ccccc2)cc1. The third kappa shape index (κ3) is 6.23. The molecule has 156 valence electrons. The maximum atomic E-state index is 13.4. The van der Waals surface area contributed by atoms with Crippen LogP contribution in [0.25, 0.3) is 0 Å². The highest BCUT2D eigenvalue weighted by Gasteiger charge is 2.31. The number of carbonyl (C=O) groups excluding carboxylic acids is 1. The van der Waals surface area contributed by atoms with Crippen LogP contribution in [0.15, 0.2) is 72.8 Å². The van der Waals surface area contributed by atoms with Crippen LogP contribution in [0.5, 0.6) is 5.75 Å². The molecular weight excluding hydrogens is 400 g/mol. The van der Waals surface area contributed by atoms with Crippen molar-refractivity contribution >= 4 is 11.7 Å². The van der Waals surface area contributed by atoms with Gasteiger partial charge in [0.2, 0.25) is 0 Å². The van der Waals surface area contributed by atoms with Gasteiger partial charge in [0, 0.05) is 12.2 Å². The van der Waals surface area contributed by atoms with Crippen molar-refractivity contribution in [3.63, 3.8) is 0 Å². The molecule has 3 rings (SSSR count). The van der Waals surface area contributed by atoms with E-state index in [4.69, 9.17) is 4.74 Å². The van der Waals surface area contributed by atoms with E-state index in [9.17, 15) is 22.4 Å². The van der Waals surface area contributed by atoms with Crippen molar-refractivity contribution < 1.29 is 27.1 Å². The maximum absolute atomic E-state index is 13.4. The minimum absolute atomic E-state index is 0.00198. The Hall–Kier alpha value is -3.55. The van der Waals surface area contributed by atoms with E-state index >= 15 is 0 Å². The van der Waals surface area contributed by atoms with Gasteiger partial charge >= 0.3 is 12.2 Å². The van der Waals surface area contributed by atoms with Crippen molar-refractivity contribution in [2.45, 2.75) is 19.3 Å². The van der Waals surface area contributed by atoms with Gasteiger partial charge in [0.25, 0.3) is 0 Å². The number of ether oxygens (including phenoxy) is 1. The number of urea groups is 1. The van der Waals surface area contributed by atoms with Crippen molar-refractivity contribution in [1.82, 2.24) is 5.32 Å². The standard InChI is InChI=1S/C22H18F4N2O2/c23-18-11-16(10-17(12-18)22(24,25)26)13-27-21(29)28-19-6-8-20(9-7-19)30-14-15-4-2-1-3-5-15/h1-12H,13-14H2,(H2,27,28,29). The molecule has 0 radical (unpaired) electrons. The first-order chi connectivity index (χ1) is 14.3. The van der Waals surface area contributed by atoms with Gasteiger partial charge in [0.05, 0.1) is 5.56 Å². The molecule has 2 N–H and O–H groups in total. The zero-order chi connectivity index (χ0) is 21.6. The monoisotopic (exact) mass is 418 g/mol. The van der Waals surface area contributed by atoms with E-state index in [1.54, 1.807) is 24.3 Å². The number of benzene rings is 3. The Morgan fingerprint density at radius 2 is 1.60 bits per heavy atom. The highest BCUT2D eigenvalue weighted by atomic mass is 19.4. The van der Waals surface area contributed by atoms with Gasteiger partial charge in [0.15, 0.2) is 0 Å². The summed E-state index contributed by atoms with van der Waals surface area (Å²) in [7, 11) is 0. The molecule has 0 unspecified atom stereocenters. The lowest BCUT2D eigenvalue weighted by atomic mass is 10.1. The molecule has 0 spiro atoms. The minimum atomic E-state index is -4.66. The molecule has 0 aromatic heterocycles. The average Bonchev–Trinajstić information content (AvgIpc) is 2.71. The number of halogens is 4. The molecular formula is C22H18F4N2O2. The molecule has 0 aliphatic rings. The fraction of sp³-hybridized carbons (Fsp3) is 0.136. The number of alkyl halides is 3. The molecule has 3 aromatic carbocycles. The van der Waals surface area contributed by atoms with Crippen LogP contribution in [-0.2, 0) is 19.3 Å². The van der Waals surface area contributed by atoms with Gasteiger partial charge in [-0.1, -0.05) is 30.3 Å². The van der Waals surface area contributed by atoms with E-state index in [1.807, 2.05) is 30.3 Å². The Morgan fingerprint density at radius 1 is 0.900 bits per heavy atom. The summed E-state index contributed by atoms with van der Waals surface area (Å²) in [6.07, 6.45) is -4.66. The maximum Gasteiger partial charge on any atom is 0.416 e. The highest BCUT2D eigenvalue weighted by molar-refractivity contribution is 5.89. The summed E-state index contributed by atoms with van der Waals surface area (Å²) in [5.41, 5.74) is 0.382. The van der Waals surface area contributed by atoms with Crippen LogP contribution >= 0.6 is 0 Å². The highest BCUT2D eigenvalue weighted by Crippen LogP contribution is 2.30. The predicted molar refractivity (Wildman–Crippen MR) is 104 cm³/mol. The summed E-state index contributed by atoms with van der Waals surface area (Å²) < 4.78 is 57.3. The van der Waals surface area contributed by atoms with E-state index < -0.39 is 23.6 Å². The van der Waals surface area contributed by atoms with Crippen molar-refractivity contribution in [3.05, 3.63) is 95.3 Å². The lowest BCUT2D eigenvalue weighted by molar-refractivity contribution is -0.137. The molecule has 0 atom stereocenters. The topological polar surface area (TPSA) is 50.4 Å². The largest absolute Gasteiger partial charge is 0.489 e. The lowest BCUT2D eigenvalue weighted by Crippen LogP contribution is -2.28. The second-order valence-corrected chi connectivity index (χ2v) is 6.45. The second kappa shape index (κ2) is 9.30. The van der Waals surface area contributed by atoms with Crippen LogP contribution in [-0.4, -0.2) is 6.03 Å². The summed E-state index contributed by atoms with van der Waals surface area (Å²) in [6, 6.07) is 17.8. The number of amides is 2. The van der Waals surface area contributed by atoms with E-state index in [-0.39, 0.29) is 12.1 Å². The van der Waals surface area contributed by atoms with Gasteiger partial charge in [-0.15, -0.1) is 0 Å². The molecule has 0 saturated carbocycles. The van der Waals surface area contributed by atoms with E-state index in [0.717, 1.165) is 17.7 Å². The average molecular weight is 418 g/mol. The Bertz CT molecular complexity index is 990. The normalized spacial score (nSPS) is 11.1. The van der Waals surface area contributed by atoms with Crippen LogP contribution < -0.4 is 15.4 Å². The van der Waals surface area contributed by atoms with Crippen molar-refractivity contribution in [3.8, 4) is 5.75 Å². The fourth-order valence-corrected chi connectivity index (χ4v) is 2.65. The molecule has 8 heteroatoms. The molecule has 3 aromatic rings. The number of nitrogens with one attached hydrogen (secondary N) is 2. The van der Waals surface area contributed by atoms with Crippen LogP contribution in [0, 0.1) is 5.82 Å². The van der Waals surface area contributed by atoms with Crippen molar-refractivity contribution in [2.24, 2.45) is 0 Å². The molecule has 0 saturated heterocycles.